The van der Waals surface area contributed by atoms with Gasteiger partial charge in [0.05, 0.1) is 18.3 Å². The number of hydrogen-bond acceptors (Lipinski definition) is 6. The molecule has 260 valence electrons. The molecule has 0 radical (unpaired) electrons. The number of aryl methyl sites for hydroxylation is 1. The molecular formula is C37H55FN4O5. The number of rotatable bonds is 16. The number of fused-ring (bicyclic) bond motifs is 1. The summed E-state index contributed by atoms with van der Waals surface area (Å²) in [7, 11) is 1.71. The largest absolute Gasteiger partial charge is 0.444 e. The summed E-state index contributed by atoms with van der Waals surface area (Å²) >= 11 is 0. The number of H-pyrrole nitrogens is 1. The number of aromatic amines is 1. The monoisotopic (exact) mass is 654 g/mol. The van der Waals surface area contributed by atoms with Gasteiger partial charge in [-0.15, -0.1) is 0 Å². The number of nitrogens with zero attached hydrogens (tertiary/aromatic N) is 1. The van der Waals surface area contributed by atoms with Crippen LogP contribution in [0.2, 0.25) is 0 Å². The van der Waals surface area contributed by atoms with E-state index in [9.17, 15) is 19.1 Å². The number of ether oxygens (including phenoxy) is 2. The smallest absolute Gasteiger partial charge is 0.407 e. The number of aromatic nitrogens is 2. The van der Waals surface area contributed by atoms with Crippen molar-refractivity contribution in [2.75, 3.05) is 19.0 Å². The third-order valence-corrected chi connectivity index (χ3v) is 8.92. The molecule has 0 spiro atoms. The molecule has 4 N–H and O–H groups in total. The van der Waals surface area contributed by atoms with Crippen molar-refractivity contribution < 1.29 is 28.6 Å². The van der Waals surface area contributed by atoms with Gasteiger partial charge in [-0.05, 0) is 106 Å². The first kappa shape index (κ1) is 38.0. The van der Waals surface area contributed by atoms with Crippen LogP contribution in [-0.2, 0) is 20.7 Å². The van der Waals surface area contributed by atoms with Crippen molar-refractivity contribution in [2.45, 2.75) is 105 Å². The number of aliphatic hydroxyl groups is 1. The van der Waals surface area contributed by atoms with Crippen LogP contribution < -0.4 is 10.6 Å². The summed E-state index contributed by atoms with van der Waals surface area (Å²) in [5.41, 5.74) is 2.80. The molecule has 2 heterocycles. The Kier molecular flexibility index (Phi) is 13.8. The van der Waals surface area contributed by atoms with Crippen LogP contribution in [-0.4, -0.2) is 58.5 Å². The van der Waals surface area contributed by atoms with E-state index in [1.165, 1.54) is 28.6 Å². The van der Waals surface area contributed by atoms with Crippen molar-refractivity contribution >= 4 is 28.7 Å². The molecule has 3 rings (SSSR count). The van der Waals surface area contributed by atoms with Gasteiger partial charge in [-0.3, -0.25) is 4.79 Å². The molecule has 0 saturated heterocycles. The van der Waals surface area contributed by atoms with E-state index in [0.29, 0.717) is 13.0 Å². The molecule has 0 aliphatic rings. The second-order valence-corrected chi connectivity index (χ2v) is 14.4. The van der Waals surface area contributed by atoms with E-state index in [-0.39, 0.29) is 41.8 Å². The molecule has 2 aromatic heterocycles. The highest BCUT2D eigenvalue weighted by atomic mass is 19.1. The van der Waals surface area contributed by atoms with E-state index < -0.39 is 35.6 Å². The predicted octanol–water partition coefficient (Wildman–Crippen LogP) is 7.60. The number of pyridine rings is 1. The van der Waals surface area contributed by atoms with Gasteiger partial charge in [0, 0.05) is 36.7 Å². The molecule has 0 aliphatic carbocycles. The van der Waals surface area contributed by atoms with Crippen LogP contribution in [0.1, 0.15) is 91.7 Å². The van der Waals surface area contributed by atoms with Crippen molar-refractivity contribution in [1.82, 2.24) is 15.3 Å². The summed E-state index contributed by atoms with van der Waals surface area (Å²) < 4.78 is 24.2. The minimum atomic E-state index is -1.05. The van der Waals surface area contributed by atoms with Gasteiger partial charge < -0.3 is 30.2 Å². The van der Waals surface area contributed by atoms with Crippen LogP contribution in [0.4, 0.5) is 15.0 Å². The van der Waals surface area contributed by atoms with Crippen LogP contribution in [0.3, 0.4) is 0 Å². The quantitative estimate of drug-likeness (QED) is 0.118. The fraction of sp³-hybridized carbons (Fsp3) is 0.595. The standard InChI is InChI=1S/C37H55FN4O5/c1-22(2)28(24(5)25-12-14-31-30(17-25)26(20-39-31)11-10-16-46-9)18-32(41-36(45)47-37(6,7)8)33(43)19-29(23(3)4)35(44)42-34-15-13-27(38)21-40-34/h12-15,17,20-24,28-29,32-33,39,43H,10-11,16,18-19H2,1-9H3,(H,41,45)(H,40,42,44). The van der Waals surface area contributed by atoms with Gasteiger partial charge in [0.25, 0.3) is 0 Å². The minimum Gasteiger partial charge on any atom is -0.444 e. The normalized spacial score (nSPS) is 15.3. The molecule has 0 aliphatic heterocycles. The number of amides is 2. The van der Waals surface area contributed by atoms with Crippen LogP contribution in [0.5, 0.6) is 0 Å². The predicted molar refractivity (Wildman–Crippen MR) is 185 cm³/mol. The number of carbonyl (C=O) groups excluding carboxylic acids is 2. The SMILES string of the molecule is COCCCc1c[nH]c2ccc(C(C)C(CC(NC(=O)OC(C)(C)C)C(O)CC(C(=O)Nc3ccc(F)cn3)C(C)C)C(C)C)cc12. The second kappa shape index (κ2) is 17.1. The fourth-order valence-electron chi connectivity index (χ4n) is 6.23. The maximum Gasteiger partial charge on any atom is 0.407 e. The van der Waals surface area contributed by atoms with Crippen molar-refractivity contribution in [2.24, 2.45) is 23.7 Å². The highest BCUT2D eigenvalue weighted by molar-refractivity contribution is 5.91. The van der Waals surface area contributed by atoms with E-state index in [1.807, 2.05) is 13.8 Å². The zero-order valence-electron chi connectivity index (χ0n) is 29.5. The molecule has 10 heteroatoms. The minimum absolute atomic E-state index is 0.0765. The molecule has 5 unspecified atom stereocenters. The number of anilines is 1. The zero-order valence-corrected chi connectivity index (χ0v) is 29.5. The van der Waals surface area contributed by atoms with Crippen LogP contribution >= 0.6 is 0 Å². The molecule has 3 aromatic rings. The van der Waals surface area contributed by atoms with Gasteiger partial charge in [0.15, 0.2) is 0 Å². The summed E-state index contributed by atoms with van der Waals surface area (Å²) in [6.07, 6.45) is 3.86. The first-order valence-electron chi connectivity index (χ1n) is 16.8. The van der Waals surface area contributed by atoms with Crippen molar-refractivity contribution in [1.29, 1.82) is 0 Å². The Hall–Kier alpha value is -3.50. The molecule has 0 fully saturated rings. The lowest BCUT2D eigenvalue weighted by Crippen LogP contribution is -2.48. The number of hydrogen-bond donors (Lipinski definition) is 4. The highest BCUT2D eigenvalue weighted by Gasteiger charge is 2.35. The van der Waals surface area contributed by atoms with Crippen molar-refractivity contribution in [3.05, 3.63) is 59.7 Å². The number of nitrogens with one attached hydrogen (secondary N) is 3. The Labute approximate surface area is 279 Å². The van der Waals surface area contributed by atoms with Gasteiger partial charge in [0.2, 0.25) is 5.91 Å². The summed E-state index contributed by atoms with van der Waals surface area (Å²) in [6, 6.07) is 8.46. The summed E-state index contributed by atoms with van der Waals surface area (Å²) in [5.74, 6) is -0.923. The van der Waals surface area contributed by atoms with Gasteiger partial charge in [-0.2, -0.15) is 0 Å². The number of benzene rings is 1. The Morgan fingerprint density at radius 2 is 1.77 bits per heavy atom. The molecule has 5 atom stereocenters. The van der Waals surface area contributed by atoms with E-state index in [1.54, 1.807) is 27.9 Å². The Bertz CT molecular complexity index is 1430. The number of halogens is 1. The average molecular weight is 655 g/mol. The second-order valence-electron chi connectivity index (χ2n) is 14.4. The van der Waals surface area contributed by atoms with Crippen molar-refractivity contribution in [3.8, 4) is 0 Å². The van der Waals surface area contributed by atoms with Crippen LogP contribution in [0.15, 0.2) is 42.7 Å². The molecule has 2 amide bonds. The van der Waals surface area contributed by atoms with E-state index in [0.717, 1.165) is 24.6 Å². The fourth-order valence-corrected chi connectivity index (χ4v) is 6.23. The van der Waals surface area contributed by atoms with Crippen LogP contribution in [0, 0.1) is 29.5 Å². The van der Waals surface area contributed by atoms with Crippen LogP contribution in [0.25, 0.3) is 10.9 Å². The number of carbonyl (C=O) groups is 2. The summed E-state index contributed by atoms with van der Waals surface area (Å²) in [5, 5.41) is 18.6. The van der Waals surface area contributed by atoms with Gasteiger partial charge in [-0.25, -0.2) is 14.2 Å². The van der Waals surface area contributed by atoms with Crippen molar-refractivity contribution in [3.63, 3.8) is 0 Å². The first-order chi connectivity index (χ1) is 22.1. The molecule has 0 bridgehead atoms. The molecule has 1 aromatic carbocycles. The number of aliphatic hydroxyl groups excluding tert-OH is 1. The molecule has 9 nitrogen and oxygen atoms in total. The highest BCUT2D eigenvalue weighted by Crippen LogP contribution is 2.36. The molecule has 47 heavy (non-hydrogen) atoms. The lowest BCUT2D eigenvalue weighted by molar-refractivity contribution is -0.122. The van der Waals surface area contributed by atoms with Gasteiger partial charge in [0.1, 0.15) is 17.2 Å². The Balaban J connectivity index is 1.87. The van der Waals surface area contributed by atoms with Gasteiger partial charge >= 0.3 is 6.09 Å². The maximum atomic E-state index is 13.4. The number of methoxy groups -OCH3 is 1. The van der Waals surface area contributed by atoms with E-state index in [4.69, 9.17) is 9.47 Å². The maximum absolute atomic E-state index is 13.4. The topological polar surface area (TPSA) is 126 Å². The summed E-state index contributed by atoms with van der Waals surface area (Å²) in [4.78, 5) is 33.8. The lowest BCUT2D eigenvalue weighted by atomic mass is 9.75. The third kappa shape index (κ3) is 11.3. The average Bonchev–Trinajstić information content (AvgIpc) is 3.39. The number of alkyl carbamates (subject to hydrolysis) is 1. The zero-order chi connectivity index (χ0) is 34.9. The Morgan fingerprint density at radius 1 is 1.04 bits per heavy atom. The third-order valence-electron chi connectivity index (χ3n) is 8.92. The summed E-state index contributed by atoms with van der Waals surface area (Å²) in [6.45, 7) is 16.4. The molecular weight excluding hydrogens is 599 g/mol. The van der Waals surface area contributed by atoms with Gasteiger partial charge in [-0.1, -0.05) is 40.7 Å². The van der Waals surface area contributed by atoms with E-state index >= 15 is 0 Å². The van der Waals surface area contributed by atoms with E-state index in [2.05, 4.69) is 65.8 Å². The molecule has 0 saturated carbocycles. The Morgan fingerprint density at radius 3 is 2.36 bits per heavy atom. The first-order valence-corrected chi connectivity index (χ1v) is 16.8. The lowest BCUT2D eigenvalue weighted by Gasteiger charge is -2.35.